The fraction of sp³-hybridized carbons (Fsp3) is 0.667. The lowest BCUT2D eigenvalue weighted by atomic mass is 9.81. The predicted molar refractivity (Wildman–Crippen MR) is 101 cm³/mol. The Labute approximate surface area is 164 Å². The van der Waals surface area contributed by atoms with Crippen molar-refractivity contribution in [1.82, 2.24) is 10.2 Å². The standard InChI is InChI=1S/C21H28N2O5/c24-14-21(11-15-5-2-1-3-6-15,22-20(26)16-8-10-27-12-16)23-9-4-7-18-19(23)17(25)13-28-18/h8,10,12,14-15,18-19H,1-7,9,11,13H2,(H,22,26). The van der Waals surface area contributed by atoms with E-state index in [1.165, 1.54) is 18.9 Å². The number of nitrogens with one attached hydrogen (secondary N) is 1. The van der Waals surface area contributed by atoms with E-state index in [4.69, 9.17) is 9.15 Å². The maximum Gasteiger partial charge on any atom is 0.256 e. The van der Waals surface area contributed by atoms with Gasteiger partial charge in [-0.3, -0.25) is 19.3 Å². The van der Waals surface area contributed by atoms with Crippen LogP contribution in [0.3, 0.4) is 0 Å². The lowest BCUT2D eigenvalue weighted by molar-refractivity contribution is -0.134. The van der Waals surface area contributed by atoms with E-state index in [9.17, 15) is 14.4 Å². The van der Waals surface area contributed by atoms with Crippen molar-refractivity contribution >= 4 is 18.0 Å². The van der Waals surface area contributed by atoms with Gasteiger partial charge in [0.05, 0.1) is 24.0 Å². The molecule has 2 saturated heterocycles. The van der Waals surface area contributed by atoms with Crippen LogP contribution in [-0.2, 0) is 14.3 Å². The molecule has 3 heterocycles. The minimum Gasteiger partial charge on any atom is -0.472 e. The zero-order valence-electron chi connectivity index (χ0n) is 16.1. The number of hydrogen-bond donors (Lipinski definition) is 1. The Morgan fingerprint density at radius 3 is 2.79 bits per heavy atom. The Bertz CT molecular complexity index is 712. The molecule has 0 spiro atoms. The summed E-state index contributed by atoms with van der Waals surface area (Å²) in [6.07, 6.45) is 11.2. The molecular formula is C21H28N2O5. The first-order valence-corrected chi connectivity index (χ1v) is 10.3. The summed E-state index contributed by atoms with van der Waals surface area (Å²) < 4.78 is 10.7. The number of nitrogens with zero attached hydrogens (tertiary/aromatic N) is 1. The molecule has 3 atom stereocenters. The van der Waals surface area contributed by atoms with E-state index in [1.807, 2.05) is 4.90 Å². The molecule has 0 bridgehead atoms. The highest BCUT2D eigenvalue weighted by atomic mass is 16.5. The Morgan fingerprint density at radius 1 is 1.25 bits per heavy atom. The average Bonchev–Trinajstić information content (AvgIpc) is 3.39. The molecule has 2 aliphatic heterocycles. The first-order chi connectivity index (χ1) is 13.6. The number of amides is 1. The fourth-order valence-electron chi connectivity index (χ4n) is 5.12. The van der Waals surface area contributed by atoms with E-state index in [-0.39, 0.29) is 24.4 Å². The number of Topliss-reactive ketones (excluding diaryl/α,β-unsaturated/α-hetero) is 1. The minimum absolute atomic E-state index is 0.00266. The van der Waals surface area contributed by atoms with Crippen LogP contribution in [0.25, 0.3) is 0 Å². The van der Waals surface area contributed by atoms with Crippen LogP contribution in [0.15, 0.2) is 23.0 Å². The molecule has 3 fully saturated rings. The van der Waals surface area contributed by atoms with E-state index in [2.05, 4.69) is 5.32 Å². The summed E-state index contributed by atoms with van der Waals surface area (Å²) in [7, 11) is 0. The smallest absolute Gasteiger partial charge is 0.256 e. The number of piperidine rings is 1. The first kappa shape index (κ1) is 19.3. The zero-order valence-corrected chi connectivity index (χ0v) is 16.1. The van der Waals surface area contributed by atoms with E-state index in [0.29, 0.717) is 24.4 Å². The van der Waals surface area contributed by atoms with Gasteiger partial charge in [0.2, 0.25) is 0 Å². The summed E-state index contributed by atoms with van der Waals surface area (Å²) in [4.78, 5) is 39.9. The number of ketones is 1. The van der Waals surface area contributed by atoms with Gasteiger partial charge in [-0.05, 0) is 31.2 Å². The molecule has 152 valence electrons. The predicted octanol–water partition coefficient (Wildman–Crippen LogP) is 2.31. The normalized spacial score (nSPS) is 28.5. The summed E-state index contributed by atoms with van der Waals surface area (Å²) in [5.74, 6) is -0.0105. The lowest BCUT2D eigenvalue weighted by Gasteiger charge is -2.48. The molecule has 1 amide bonds. The second kappa shape index (κ2) is 8.17. The molecule has 1 saturated carbocycles. The summed E-state index contributed by atoms with van der Waals surface area (Å²) in [6.45, 7) is 0.674. The SMILES string of the molecule is O=CC(CC1CCCCC1)(NC(=O)c1ccoc1)N1CCCC2OCC(=O)C21. The van der Waals surface area contributed by atoms with Crippen LogP contribution in [0.5, 0.6) is 0 Å². The maximum atomic E-state index is 12.9. The van der Waals surface area contributed by atoms with Gasteiger partial charge in [-0.15, -0.1) is 0 Å². The van der Waals surface area contributed by atoms with Crippen molar-refractivity contribution in [1.29, 1.82) is 0 Å². The van der Waals surface area contributed by atoms with E-state index in [1.54, 1.807) is 6.07 Å². The van der Waals surface area contributed by atoms with Crippen molar-refractivity contribution in [3.63, 3.8) is 0 Å². The number of carbonyl (C=O) groups excluding carboxylic acids is 3. The number of aldehydes is 1. The van der Waals surface area contributed by atoms with E-state index < -0.39 is 11.7 Å². The second-order valence-corrected chi connectivity index (χ2v) is 8.31. The maximum absolute atomic E-state index is 12.9. The topological polar surface area (TPSA) is 88.8 Å². The summed E-state index contributed by atoms with van der Waals surface area (Å²) in [5.41, 5.74) is -0.833. The third-order valence-corrected chi connectivity index (χ3v) is 6.49. The van der Waals surface area contributed by atoms with Gasteiger partial charge in [-0.1, -0.05) is 32.1 Å². The second-order valence-electron chi connectivity index (χ2n) is 8.31. The Balaban J connectivity index is 1.65. The summed E-state index contributed by atoms with van der Waals surface area (Å²) >= 11 is 0. The molecule has 0 aromatic carbocycles. The van der Waals surface area contributed by atoms with Gasteiger partial charge in [-0.25, -0.2) is 0 Å². The zero-order chi connectivity index (χ0) is 19.6. The number of fused-ring (bicyclic) bond motifs is 1. The highest BCUT2D eigenvalue weighted by Gasteiger charge is 2.52. The molecule has 3 unspecified atom stereocenters. The van der Waals surface area contributed by atoms with Crippen LogP contribution in [0.1, 0.15) is 61.7 Å². The largest absolute Gasteiger partial charge is 0.472 e. The van der Waals surface area contributed by atoms with Crippen molar-refractivity contribution in [3.8, 4) is 0 Å². The highest BCUT2D eigenvalue weighted by molar-refractivity contribution is 5.96. The van der Waals surface area contributed by atoms with E-state index >= 15 is 0 Å². The highest BCUT2D eigenvalue weighted by Crippen LogP contribution is 2.37. The van der Waals surface area contributed by atoms with Gasteiger partial charge >= 0.3 is 0 Å². The number of ether oxygens (including phenoxy) is 1. The Morgan fingerprint density at radius 2 is 2.07 bits per heavy atom. The van der Waals surface area contributed by atoms with Crippen LogP contribution in [0.4, 0.5) is 0 Å². The fourth-order valence-corrected chi connectivity index (χ4v) is 5.12. The quantitative estimate of drug-likeness (QED) is 0.753. The van der Waals surface area contributed by atoms with Crippen molar-refractivity contribution in [2.45, 2.75) is 69.2 Å². The van der Waals surface area contributed by atoms with E-state index in [0.717, 1.165) is 44.8 Å². The average molecular weight is 388 g/mol. The number of likely N-dealkylation sites (tertiary alicyclic amines) is 1. The molecule has 1 aromatic rings. The van der Waals surface area contributed by atoms with Crippen molar-refractivity contribution in [2.24, 2.45) is 5.92 Å². The summed E-state index contributed by atoms with van der Waals surface area (Å²) in [6, 6.07) is 1.11. The molecule has 1 aliphatic carbocycles. The first-order valence-electron chi connectivity index (χ1n) is 10.3. The molecule has 3 aliphatic rings. The molecule has 1 aromatic heterocycles. The molecule has 7 nitrogen and oxygen atoms in total. The number of carbonyl (C=O) groups is 3. The molecule has 1 N–H and O–H groups in total. The van der Waals surface area contributed by atoms with Crippen molar-refractivity contribution < 1.29 is 23.5 Å². The Hall–Kier alpha value is -1.99. The molecule has 4 rings (SSSR count). The van der Waals surface area contributed by atoms with Crippen LogP contribution < -0.4 is 5.32 Å². The lowest BCUT2D eigenvalue weighted by Crippen LogP contribution is -2.69. The van der Waals surface area contributed by atoms with Gasteiger partial charge < -0.3 is 14.5 Å². The molecule has 7 heteroatoms. The van der Waals surface area contributed by atoms with Gasteiger partial charge in [0.15, 0.2) is 17.7 Å². The van der Waals surface area contributed by atoms with Gasteiger partial charge in [0, 0.05) is 6.54 Å². The molecular weight excluding hydrogens is 360 g/mol. The van der Waals surface area contributed by atoms with Crippen LogP contribution in [0, 0.1) is 5.92 Å². The summed E-state index contributed by atoms with van der Waals surface area (Å²) in [5, 5.41) is 2.98. The van der Waals surface area contributed by atoms with Crippen LogP contribution in [-0.4, -0.2) is 53.8 Å². The van der Waals surface area contributed by atoms with Gasteiger partial charge in [0.1, 0.15) is 12.9 Å². The van der Waals surface area contributed by atoms with Gasteiger partial charge in [-0.2, -0.15) is 0 Å². The minimum atomic E-state index is -1.21. The van der Waals surface area contributed by atoms with Crippen molar-refractivity contribution in [3.05, 3.63) is 24.2 Å². The van der Waals surface area contributed by atoms with Gasteiger partial charge in [0.25, 0.3) is 5.91 Å². The number of hydrogen-bond acceptors (Lipinski definition) is 6. The number of furan rings is 1. The van der Waals surface area contributed by atoms with Crippen molar-refractivity contribution in [2.75, 3.05) is 13.2 Å². The van der Waals surface area contributed by atoms with Crippen LogP contribution in [0.2, 0.25) is 0 Å². The monoisotopic (exact) mass is 388 g/mol. The van der Waals surface area contributed by atoms with Crippen LogP contribution >= 0.6 is 0 Å². The third-order valence-electron chi connectivity index (χ3n) is 6.49. The third kappa shape index (κ3) is 3.65. The number of rotatable bonds is 6. The molecule has 0 radical (unpaired) electrons. The Kier molecular flexibility index (Phi) is 5.64. The molecule has 28 heavy (non-hydrogen) atoms.